The Hall–Kier alpha value is -2.61. The highest BCUT2D eigenvalue weighted by atomic mass is 16.6. The normalized spacial score (nSPS) is 13.5. The van der Waals surface area contributed by atoms with Crippen molar-refractivity contribution in [1.29, 1.82) is 0 Å². The van der Waals surface area contributed by atoms with Gasteiger partial charge in [-0.15, -0.1) is 0 Å². The summed E-state index contributed by atoms with van der Waals surface area (Å²) in [5.41, 5.74) is 1.35. The third kappa shape index (κ3) is 6.07. The van der Waals surface area contributed by atoms with E-state index in [-0.39, 0.29) is 6.09 Å². The summed E-state index contributed by atoms with van der Waals surface area (Å²) in [6.07, 6.45) is 1.22. The lowest BCUT2D eigenvalue weighted by molar-refractivity contribution is -0.136. The second kappa shape index (κ2) is 9.63. The lowest BCUT2D eigenvalue weighted by Crippen LogP contribution is -2.36. The van der Waals surface area contributed by atoms with Crippen LogP contribution in [0.2, 0.25) is 0 Å². The minimum Gasteiger partial charge on any atom is -0.448 e. The average Bonchev–Trinajstić information content (AvgIpc) is 2.99. The highest BCUT2D eigenvalue weighted by Gasteiger charge is 2.22. The molecule has 1 aliphatic heterocycles. The minimum atomic E-state index is -0.718. The lowest BCUT2D eigenvalue weighted by atomic mass is 10.2. The van der Waals surface area contributed by atoms with Gasteiger partial charge in [0.05, 0.1) is 6.54 Å². The highest BCUT2D eigenvalue weighted by molar-refractivity contribution is 6.39. The largest absolute Gasteiger partial charge is 0.448 e. The van der Waals surface area contributed by atoms with E-state index in [2.05, 4.69) is 10.6 Å². The molecule has 2 rings (SSSR count). The van der Waals surface area contributed by atoms with Crippen LogP contribution in [0.5, 0.6) is 0 Å². The van der Waals surface area contributed by atoms with Gasteiger partial charge in [0.25, 0.3) is 0 Å². The van der Waals surface area contributed by atoms with Crippen molar-refractivity contribution in [3.8, 4) is 0 Å². The molecule has 1 aromatic rings. The number of ether oxygens (including phenoxy) is 2. The van der Waals surface area contributed by atoms with E-state index in [1.165, 1.54) is 0 Å². The lowest BCUT2D eigenvalue weighted by Gasteiger charge is -2.13. The summed E-state index contributed by atoms with van der Waals surface area (Å²) in [6.45, 7) is 2.38. The fourth-order valence-corrected chi connectivity index (χ4v) is 2.38. The van der Waals surface area contributed by atoms with Gasteiger partial charge in [0, 0.05) is 32.5 Å². The van der Waals surface area contributed by atoms with Crippen molar-refractivity contribution in [2.24, 2.45) is 0 Å². The summed E-state index contributed by atoms with van der Waals surface area (Å²) in [6, 6.07) is 7.02. The van der Waals surface area contributed by atoms with Crippen molar-refractivity contribution in [1.82, 2.24) is 10.2 Å². The molecule has 1 aliphatic rings. The number of amides is 3. The molecule has 0 spiro atoms. The molecule has 0 saturated carbocycles. The number of nitrogens with one attached hydrogen (secondary N) is 2. The first-order valence-corrected chi connectivity index (χ1v) is 8.19. The summed E-state index contributed by atoms with van der Waals surface area (Å²) in [5.74, 6) is -1.39. The molecule has 3 amide bonds. The molecule has 1 heterocycles. The SMILES string of the molecule is COCCCCNC(=O)C(=O)Nc1cccc(CN2CCOC2=O)c1. The van der Waals surface area contributed by atoms with Gasteiger partial charge in [0.15, 0.2) is 0 Å². The molecule has 0 bridgehead atoms. The Morgan fingerprint density at radius 2 is 2.12 bits per heavy atom. The Bertz CT molecular complexity index is 620. The number of anilines is 1. The maximum atomic E-state index is 11.9. The Balaban J connectivity index is 1.81. The molecule has 0 unspecified atom stereocenters. The molecule has 2 N–H and O–H groups in total. The molecule has 8 heteroatoms. The van der Waals surface area contributed by atoms with E-state index in [1.54, 1.807) is 30.2 Å². The van der Waals surface area contributed by atoms with E-state index in [0.717, 1.165) is 18.4 Å². The number of cyclic esters (lactones) is 1. The minimum absolute atomic E-state index is 0.345. The number of rotatable bonds is 8. The van der Waals surface area contributed by atoms with E-state index in [0.29, 0.717) is 38.5 Å². The quantitative estimate of drug-likeness (QED) is 0.541. The Morgan fingerprint density at radius 3 is 2.84 bits per heavy atom. The van der Waals surface area contributed by atoms with E-state index in [1.807, 2.05) is 6.07 Å². The summed E-state index contributed by atoms with van der Waals surface area (Å²) in [7, 11) is 1.62. The zero-order chi connectivity index (χ0) is 18.1. The van der Waals surface area contributed by atoms with Gasteiger partial charge in [-0.05, 0) is 30.5 Å². The molecule has 1 fully saturated rings. The molecule has 136 valence electrons. The molecule has 25 heavy (non-hydrogen) atoms. The zero-order valence-corrected chi connectivity index (χ0v) is 14.2. The van der Waals surface area contributed by atoms with Crippen molar-refractivity contribution >= 4 is 23.6 Å². The molecule has 0 aliphatic carbocycles. The number of nitrogens with zero attached hydrogens (tertiary/aromatic N) is 1. The zero-order valence-electron chi connectivity index (χ0n) is 14.2. The smallest absolute Gasteiger partial charge is 0.410 e. The van der Waals surface area contributed by atoms with Crippen LogP contribution in [0, 0.1) is 0 Å². The van der Waals surface area contributed by atoms with Crippen LogP contribution in [-0.2, 0) is 25.6 Å². The van der Waals surface area contributed by atoms with E-state index in [4.69, 9.17) is 9.47 Å². The molecule has 1 aromatic carbocycles. The van der Waals surface area contributed by atoms with Gasteiger partial charge >= 0.3 is 17.9 Å². The number of carbonyl (C=O) groups is 3. The molecule has 1 saturated heterocycles. The van der Waals surface area contributed by atoms with Crippen LogP contribution in [-0.4, -0.2) is 56.2 Å². The molecular weight excluding hydrogens is 326 g/mol. The summed E-state index contributed by atoms with van der Waals surface area (Å²) in [5, 5.41) is 5.12. The fourth-order valence-electron chi connectivity index (χ4n) is 2.38. The maximum absolute atomic E-state index is 11.9. The summed E-state index contributed by atoms with van der Waals surface area (Å²) >= 11 is 0. The van der Waals surface area contributed by atoms with Gasteiger partial charge in [0.2, 0.25) is 0 Å². The topological polar surface area (TPSA) is 97.0 Å². The van der Waals surface area contributed by atoms with Gasteiger partial charge in [0.1, 0.15) is 6.61 Å². The average molecular weight is 349 g/mol. The van der Waals surface area contributed by atoms with E-state index < -0.39 is 11.8 Å². The van der Waals surface area contributed by atoms with Gasteiger partial charge in [-0.1, -0.05) is 12.1 Å². The van der Waals surface area contributed by atoms with Gasteiger partial charge in [-0.3, -0.25) is 9.59 Å². The molecule has 0 atom stereocenters. The van der Waals surface area contributed by atoms with Crippen molar-refractivity contribution in [2.45, 2.75) is 19.4 Å². The second-order valence-electron chi connectivity index (χ2n) is 5.65. The van der Waals surface area contributed by atoms with Gasteiger partial charge in [-0.2, -0.15) is 0 Å². The maximum Gasteiger partial charge on any atom is 0.410 e. The number of unbranched alkanes of at least 4 members (excludes halogenated alkanes) is 1. The van der Waals surface area contributed by atoms with Crippen LogP contribution in [0.4, 0.5) is 10.5 Å². The van der Waals surface area contributed by atoms with Gasteiger partial charge < -0.3 is 25.0 Å². The highest BCUT2D eigenvalue weighted by Crippen LogP contribution is 2.15. The third-order valence-corrected chi connectivity index (χ3v) is 3.67. The first-order valence-electron chi connectivity index (χ1n) is 8.19. The van der Waals surface area contributed by atoms with E-state index in [9.17, 15) is 14.4 Å². The third-order valence-electron chi connectivity index (χ3n) is 3.67. The predicted molar refractivity (Wildman–Crippen MR) is 90.9 cm³/mol. The first kappa shape index (κ1) is 18.7. The van der Waals surface area contributed by atoms with Crippen LogP contribution in [0.15, 0.2) is 24.3 Å². The molecule has 0 aromatic heterocycles. The van der Waals surface area contributed by atoms with Crippen molar-refractivity contribution in [3.05, 3.63) is 29.8 Å². The second-order valence-corrected chi connectivity index (χ2v) is 5.65. The molecule has 0 radical (unpaired) electrons. The predicted octanol–water partition coefficient (Wildman–Crippen LogP) is 1.12. The van der Waals surface area contributed by atoms with Crippen molar-refractivity contribution < 1.29 is 23.9 Å². The molecule has 8 nitrogen and oxygen atoms in total. The Labute approximate surface area is 146 Å². The van der Waals surface area contributed by atoms with Crippen LogP contribution in [0.3, 0.4) is 0 Å². The number of hydrogen-bond donors (Lipinski definition) is 2. The Morgan fingerprint density at radius 1 is 1.28 bits per heavy atom. The number of methoxy groups -OCH3 is 1. The summed E-state index contributed by atoms with van der Waals surface area (Å²) < 4.78 is 9.80. The van der Waals surface area contributed by atoms with Crippen LogP contribution in [0.1, 0.15) is 18.4 Å². The van der Waals surface area contributed by atoms with Crippen LogP contribution in [0.25, 0.3) is 0 Å². The number of hydrogen-bond acceptors (Lipinski definition) is 5. The number of benzene rings is 1. The summed E-state index contributed by atoms with van der Waals surface area (Å²) in [4.78, 5) is 36.7. The number of carbonyl (C=O) groups excluding carboxylic acids is 3. The van der Waals surface area contributed by atoms with Crippen LogP contribution < -0.4 is 10.6 Å². The van der Waals surface area contributed by atoms with Gasteiger partial charge in [-0.25, -0.2) is 4.79 Å². The Kier molecular flexibility index (Phi) is 7.21. The van der Waals surface area contributed by atoms with Crippen molar-refractivity contribution in [3.63, 3.8) is 0 Å². The standard InChI is InChI=1S/C17H23N3O5/c1-24-9-3-2-7-18-15(21)16(22)19-14-6-4-5-13(11-14)12-20-8-10-25-17(20)23/h4-6,11H,2-3,7-10,12H2,1H3,(H,18,21)(H,19,22). The molecular formula is C17H23N3O5. The van der Waals surface area contributed by atoms with Crippen molar-refractivity contribution in [2.75, 3.05) is 38.7 Å². The monoisotopic (exact) mass is 349 g/mol. The van der Waals surface area contributed by atoms with Crippen LogP contribution >= 0.6 is 0 Å². The first-order chi connectivity index (χ1) is 12.1. The fraction of sp³-hybridized carbons (Fsp3) is 0.471. The van der Waals surface area contributed by atoms with E-state index >= 15 is 0 Å².